The molecule has 0 aromatic heterocycles. The van der Waals surface area contributed by atoms with Gasteiger partial charge in [-0.2, -0.15) is 8.78 Å². The largest absolute Gasteiger partial charge is 0.395 e. The molecule has 0 bridgehead atoms. The summed E-state index contributed by atoms with van der Waals surface area (Å²) in [5, 5.41) is 0. The molecule has 2 aromatic rings. The summed E-state index contributed by atoms with van der Waals surface area (Å²) in [6.07, 6.45) is -0.561. The standard InChI is InChI=1S/C22H26F2NO4P/c1-4-21(5-2,22(23,24)30(27,28)29)20(3)17-13-9-10-14-18(17)25(19(20)26)15-16-11-7-6-8-12-16/h6-14H,4-5,15H2,1-3H3,(H2,27,28,29). The second kappa shape index (κ2) is 7.56. The number of amides is 1. The summed E-state index contributed by atoms with van der Waals surface area (Å²) in [7, 11) is -5.85. The lowest BCUT2D eigenvalue weighted by Gasteiger charge is -2.49. The topological polar surface area (TPSA) is 77.8 Å². The fraction of sp³-hybridized carbons (Fsp3) is 0.409. The number of anilines is 1. The minimum atomic E-state index is -5.85. The Labute approximate surface area is 174 Å². The van der Waals surface area contributed by atoms with E-state index >= 15 is 8.78 Å². The molecule has 8 heteroatoms. The monoisotopic (exact) mass is 437 g/mol. The van der Waals surface area contributed by atoms with E-state index < -0.39 is 30.0 Å². The van der Waals surface area contributed by atoms with Crippen molar-refractivity contribution in [2.75, 3.05) is 4.90 Å². The molecular formula is C22H26F2NO4P. The van der Waals surface area contributed by atoms with E-state index in [0.717, 1.165) is 5.56 Å². The van der Waals surface area contributed by atoms with Crippen molar-refractivity contribution in [3.05, 3.63) is 65.7 Å². The highest BCUT2D eigenvalue weighted by atomic mass is 31.2. The smallest absolute Gasteiger partial charge is 0.320 e. The summed E-state index contributed by atoms with van der Waals surface area (Å²) in [6, 6.07) is 15.8. The van der Waals surface area contributed by atoms with Crippen LogP contribution in [0.1, 0.15) is 44.7 Å². The van der Waals surface area contributed by atoms with Gasteiger partial charge in [0.25, 0.3) is 0 Å². The van der Waals surface area contributed by atoms with E-state index in [4.69, 9.17) is 0 Å². The van der Waals surface area contributed by atoms with Crippen LogP contribution in [0.4, 0.5) is 14.5 Å². The number of fused-ring (bicyclic) bond motifs is 1. The van der Waals surface area contributed by atoms with Crippen LogP contribution in [0.5, 0.6) is 0 Å². The Hall–Kier alpha value is -2.08. The number of benzene rings is 2. The van der Waals surface area contributed by atoms with Crippen molar-refractivity contribution in [2.24, 2.45) is 5.41 Å². The van der Waals surface area contributed by atoms with Gasteiger partial charge in [-0.1, -0.05) is 62.4 Å². The molecule has 5 nitrogen and oxygen atoms in total. The zero-order chi connectivity index (χ0) is 22.4. The summed E-state index contributed by atoms with van der Waals surface area (Å²) < 4.78 is 42.8. The maximum atomic E-state index is 15.4. The molecule has 1 heterocycles. The van der Waals surface area contributed by atoms with E-state index in [2.05, 4.69) is 0 Å². The Morgan fingerprint density at radius 1 is 1.00 bits per heavy atom. The average Bonchev–Trinajstić information content (AvgIpc) is 2.92. The van der Waals surface area contributed by atoms with E-state index in [0.29, 0.717) is 11.3 Å². The second-order valence-corrected chi connectivity index (χ2v) is 9.54. The Morgan fingerprint density at radius 2 is 1.53 bits per heavy atom. The molecule has 1 aliphatic rings. The number of nitrogens with zero attached hydrogens (tertiary/aromatic N) is 1. The fourth-order valence-electron chi connectivity index (χ4n) is 4.97. The predicted molar refractivity (Wildman–Crippen MR) is 111 cm³/mol. The third kappa shape index (κ3) is 2.95. The fourth-order valence-corrected chi connectivity index (χ4v) is 6.07. The highest BCUT2D eigenvalue weighted by Crippen LogP contribution is 2.70. The Kier molecular flexibility index (Phi) is 5.69. The van der Waals surface area contributed by atoms with Gasteiger partial charge in [0, 0.05) is 5.69 Å². The van der Waals surface area contributed by atoms with Gasteiger partial charge in [-0.3, -0.25) is 9.36 Å². The summed E-state index contributed by atoms with van der Waals surface area (Å²) in [6.45, 7) is 4.48. The molecule has 1 amide bonds. The number of rotatable bonds is 7. The number of carbonyl (C=O) groups is 1. The van der Waals surface area contributed by atoms with Gasteiger partial charge >= 0.3 is 13.3 Å². The summed E-state index contributed by atoms with van der Waals surface area (Å²) >= 11 is 0. The maximum absolute atomic E-state index is 15.4. The molecule has 0 aliphatic carbocycles. The maximum Gasteiger partial charge on any atom is 0.395 e. The summed E-state index contributed by atoms with van der Waals surface area (Å²) in [4.78, 5) is 34.4. The van der Waals surface area contributed by atoms with Crippen LogP contribution in [0.15, 0.2) is 54.6 Å². The van der Waals surface area contributed by atoms with Gasteiger partial charge < -0.3 is 14.7 Å². The Bertz CT molecular complexity index is 988. The van der Waals surface area contributed by atoms with Crippen LogP contribution in [0.2, 0.25) is 0 Å². The minimum absolute atomic E-state index is 0.178. The molecule has 162 valence electrons. The molecule has 2 N–H and O–H groups in total. The zero-order valence-electron chi connectivity index (χ0n) is 17.2. The van der Waals surface area contributed by atoms with Crippen molar-refractivity contribution in [2.45, 2.75) is 51.2 Å². The first-order chi connectivity index (χ1) is 14.0. The van der Waals surface area contributed by atoms with Gasteiger partial charge in [0.15, 0.2) is 0 Å². The lowest BCUT2D eigenvalue weighted by atomic mass is 9.58. The number of halogens is 2. The number of hydrogen-bond donors (Lipinski definition) is 2. The van der Waals surface area contributed by atoms with E-state index in [1.54, 1.807) is 24.3 Å². The molecule has 1 atom stereocenters. The van der Waals surface area contributed by atoms with Crippen molar-refractivity contribution in [3.63, 3.8) is 0 Å². The molecule has 1 aliphatic heterocycles. The van der Waals surface area contributed by atoms with Crippen molar-refractivity contribution < 1.29 is 27.9 Å². The predicted octanol–water partition coefficient (Wildman–Crippen LogP) is 5.07. The quantitative estimate of drug-likeness (QED) is 0.593. The molecule has 3 rings (SSSR count). The first-order valence-corrected chi connectivity index (χ1v) is 11.5. The molecule has 0 spiro atoms. The second-order valence-electron chi connectivity index (χ2n) is 7.89. The van der Waals surface area contributed by atoms with Crippen LogP contribution in [0, 0.1) is 5.41 Å². The number of hydrogen-bond acceptors (Lipinski definition) is 2. The Morgan fingerprint density at radius 3 is 2.07 bits per heavy atom. The van der Waals surface area contributed by atoms with Crippen LogP contribution in [-0.4, -0.2) is 21.4 Å². The highest BCUT2D eigenvalue weighted by Gasteiger charge is 2.73. The van der Waals surface area contributed by atoms with Crippen molar-refractivity contribution in [3.8, 4) is 0 Å². The molecule has 0 saturated carbocycles. The van der Waals surface area contributed by atoms with Crippen LogP contribution in [-0.2, 0) is 21.3 Å². The van der Waals surface area contributed by atoms with Crippen LogP contribution >= 0.6 is 7.60 Å². The van der Waals surface area contributed by atoms with Gasteiger partial charge in [-0.25, -0.2) is 0 Å². The van der Waals surface area contributed by atoms with Crippen molar-refractivity contribution >= 4 is 19.2 Å². The lowest BCUT2D eigenvalue weighted by Crippen LogP contribution is -2.58. The SMILES string of the molecule is CCC(CC)(C1(C)C(=O)N(Cc2ccccc2)c2ccccc21)C(F)(F)P(=O)(O)O. The van der Waals surface area contributed by atoms with Gasteiger partial charge in [0.05, 0.1) is 17.4 Å². The van der Waals surface area contributed by atoms with Crippen LogP contribution in [0.25, 0.3) is 0 Å². The van der Waals surface area contributed by atoms with Crippen LogP contribution < -0.4 is 4.90 Å². The number of carbonyl (C=O) groups excluding carboxylic acids is 1. The van der Waals surface area contributed by atoms with E-state index in [1.165, 1.54) is 25.7 Å². The molecule has 1 unspecified atom stereocenters. The van der Waals surface area contributed by atoms with Crippen LogP contribution in [0.3, 0.4) is 0 Å². The van der Waals surface area contributed by atoms with Gasteiger partial charge in [-0.05, 0) is 37.0 Å². The highest BCUT2D eigenvalue weighted by molar-refractivity contribution is 7.53. The Balaban J connectivity index is 2.25. The van der Waals surface area contributed by atoms with Gasteiger partial charge in [0.2, 0.25) is 5.91 Å². The normalized spacial score (nSPS) is 19.8. The average molecular weight is 437 g/mol. The van der Waals surface area contributed by atoms with Crippen molar-refractivity contribution in [1.29, 1.82) is 0 Å². The first-order valence-electron chi connectivity index (χ1n) is 9.86. The third-order valence-electron chi connectivity index (χ3n) is 6.70. The molecule has 0 fully saturated rings. The lowest BCUT2D eigenvalue weighted by molar-refractivity contribution is -0.147. The van der Waals surface area contributed by atoms with Gasteiger partial charge in [0.1, 0.15) is 0 Å². The zero-order valence-corrected chi connectivity index (χ0v) is 18.1. The first kappa shape index (κ1) is 22.6. The summed E-state index contributed by atoms with van der Waals surface area (Å²) in [5.74, 6) is -0.579. The van der Waals surface area contributed by atoms with E-state index in [1.807, 2.05) is 30.3 Å². The van der Waals surface area contributed by atoms with E-state index in [9.17, 15) is 19.1 Å². The minimum Gasteiger partial charge on any atom is -0.320 e. The molecule has 0 radical (unpaired) electrons. The molecule has 30 heavy (non-hydrogen) atoms. The summed E-state index contributed by atoms with van der Waals surface area (Å²) in [5.41, 5.74) is -6.79. The third-order valence-corrected chi connectivity index (χ3v) is 7.86. The van der Waals surface area contributed by atoms with Crippen molar-refractivity contribution in [1.82, 2.24) is 0 Å². The molecular weight excluding hydrogens is 411 g/mol. The van der Waals surface area contributed by atoms with Gasteiger partial charge in [-0.15, -0.1) is 0 Å². The van der Waals surface area contributed by atoms with E-state index in [-0.39, 0.29) is 19.4 Å². The number of alkyl halides is 2. The number of para-hydroxylation sites is 1. The molecule has 0 saturated heterocycles. The molecule has 2 aromatic carbocycles.